The zero-order valence-corrected chi connectivity index (χ0v) is 18.6. The molecule has 3 rings (SSSR count). The van der Waals surface area contributed by atoms with Crippen molar-refractivity contribution >= 4 is 10.8 Å². The average Bonchev–Trinajstić information content (AvgIpc) is 3.10. The van der Waals surface area contributed by atoms with Crippen LogP contribution in [0.5, 0.6) is 11.5 Å². The van der Waals surface area contributed by atoms with Crippen LogP contribution in [0, 0.1) is 0 Å². The molecule has 0 radical (unpaired) electrons. The van der Waals surface area contributed by atoms with Crippen molar-refractivity contribution in [3.8, 4) is 17.2 Å². The third kappa shape index (κ3) is 5.77. The minimum absolute atomic E-state index is 0.272. The fourth-order valence-electron chi connectivity index (χ4n) is 3.03. The summed E-state index contributed by atoms with van der Waals surface area (Å²) in [6, 6.07) is 5.67. The average molecular weight is 423 g/mol. The van der Waals surface area contributed by atoms with Crippen LogP contribution in [0.15, 0.2) is 18.2 Å². The van der Waals surface area contributed by atoms with E-state index in [1.807, 2.05) is 43.7 Å². The summed E-state index contributed by atoms with van der Waals surface area (Å²) in [5, 5.41) is 4.69. The van der Waals surface area contributed by atoms with E-state index >= 15 is 0 Å². The number of hydrogen-bond acceptors (Lipinski definition) is 7. The zero-order valence-electron chi connectivity index (χ0n) is 17.8. The lowest BCUT2D eigenvalue weighted by molar-refractivity contribution is -0.0181. The third-order valence-electron chi connectivity index (χ3n) is 4.60. The van der Waals surface area contributed by atoms with Gasteiger partial charge in [-0.1, -0.05) is 0 Å². The minimum Gasteiger partial charge on any atom is -0.493 e. The van der Waals surface area contributed by atoms with Gasteiger partial charge >= 0.3 is 0 Å². The summed E-state index contributed by atoms with van der Waals surface area (Å²) in [7, 11) is 2.51. The Morgan fingerprint density at radius 2 is 1.79 bits per heavy atom. The predicted molar refractivity (Wildman–Crippen MR) is 112 cm³/mol. The van der Waals surface area contributed by atoms with Crippen molar-refractivity contribution in [2.75, 3.05) is 38.8 Å². The molecule has 1 aliphatic rings. The first kappa shape index (κ1) is 21.7. The maximum atomic E-state index is 11.7. The lowest BCUT2D eigenvalue weighted by Crippen LogP contribution is -2.37. The fraction of sp³-hybridized carbons (Fsp3) is 0.600. The number of aromatic nitrogens is 3. The molecule has 0 N–H and O–H groups in total. The highest BCUT2D eigenvalue weighted by Gasteiger charge is 2.21. The molecule has 0 atom stereocenters. The Hall–Kier alpha value is -1.97. The smallest absolute Gasteiger partial charge is 0.177 e. The third-order valence-corrected chi connectivity index (χ3v) is 5.88. The highest BCUT2D eigenvalue weighted by Crippen LogP contribution is 2.29. The molecule has 1 aromatic carbocycles. The van der Waals surface area contributed by atoms with Gasteiger partial charge in [-0.25, -0.2) is 9.67 Å². The summed E-state index contributed by atoms with van der Waals surface area (Å²) >= 11 is 0. The summed E-state index contributed by atoms with van der Waals surface area (Å²) < 4.78 is 30.2. The van der Waals surface area contributed by atoms with E-state index in [1.54, 1.807) is 14.2 Å². The van der Waals surface area contributed by atoms with Crippen LogP contribution in [0.3, 0.4) is 0 Å². The first-order valence-electron chi connectivity index (χ1n) is 9.67. The summed E-state index contributed by atoms with van der Waals surface area (Å²) in [5.41, 5.74) is 0.569. The van der Waals surface area contributed by atoms with Crippen molar-refractivity contribution in [2.45, 2.75) is 39.5 Å². The van der Waals surface area contributed by atoms with Crippen LogP contribution in [0.1, 0.15) is 32.4 Å². The van der Waals surface area contributed by atoms with Crippen LogP contribution < -0.4 is 9.47 Å². The first-order valence-corrected chi connectivity index (χ1v) is 11.2. The highest BCUT2D eigenvalue weighted by molar-refractivity contribution is 7.85. The number of rotatable bonds is 7. The topological polar surface area (TPSA) is 78.7 Å². The van der Waals surface area contributed by atoms with Crippen LogP contribution in [0.2, 0.25) is 0 Å². The molecule has 0 spiro atoms. The highest BCUT2D eigenvalue weighted by atomic mass is 32.2. The minimum atomic E-state index is -0.711. The van der Waals surface area contributed by atoms with Gasteiger partial charge < -0.3 is 14.2 Å². The largest absolute Gasteiger partial charge is 0.493 e. The molecule has 160 valence electrons. The molecule has 0 aliphatic carbocycles. The maximum absolute atomic E-state index is 11.7. The molecule has 1 aliphatic heterocycles. The Morgan fingerprint density at radius 1 is 1.10 bits per heavy atom. The maximum Gasteiger partial charge on any atom is 0.177 e. The molecule has 0 unspecified atom stereocenters. The Bertz CT molecular complexity index is 853. The lowest BCUT2D eigenvalue weighted by atomic mass is 10.2. The van der Waals surface area contributed by atoms with Crippen molar-refractivity contribution in [3.63, 3.8) is 0 Å². The van der Waals surface area contributed by atoms with Crippen molar-refractivity contribution in [1.29, 1.82) is 0 Å². The molecule has 1 fully saturated rings. The molecule has 9 heteroatoms. The molecule has 2 heterocycles. The molecule has 29 heavy (non-hydrogen) atoms. The predicted octanol–water partition coefficient (Wildman–Crippen LogP) is 2.16. The number of ether oxygens (including phenoxy) is 3. The van der Waals surface area contributed by atoms with Crippen molar-refractivity contribution in [3.05, 3.63) is 29.8 Å². The van der Waals surface area contributed by atoms with E-state index < -0.39 is 10.8 Å². The number of nitrogens with zero attached hydrogens (tertiary/aromatic N) is 4. The van der Waals surface area contributed by atoms with Crippen molar-refractivity contribution in [1.82, 2.24) is 19.7 Å². The molecule has 1 saturated heterocycles. The van der Waals surface area contributed by atoms with E-state index in [-0.39, 0.29) is 5.60 Å². The Balaban J connectivity index is 1.90. The van der Waals surface area contributed by atoms with Crippen LogP contribution in [-0.2, 0) is 28.7 Å². The van der Waals surface area contributed by atoms with Gasteiger partial charge in [0.05, 0.1) is 32.1 Å². The normalized spacial score (nSPS) is 16.2. The van der Waals surface area contributed by atoms with Gasteiger partial charge in [0.15, 0.2) is 17.3 Å². The van der Waals surface area contributed by atoms with Gasteiger partial charge in [-0.05, 0) is 32.9 Å². The van der Waals surface area contributed by atoms with Crippen molar-refractivity contribution < 1.29 is 18.4 Å². The van der Waals surface area contributed by atoms with E-state index in [4.69, 9.17) is 24.3 Å². The molecular formula is C20H30N4O4S. The summed E-state index contributed by atoms with van der Waals surface area (Å²) in [6.45, 7) is 8.57. The Kier molecular flexibility index (Phi) is 6.92. The van der Waals surface area contributed by atoms with Gasteiger partial charge in [-0.3, -0.25) is 9.11 Å². The van der Waals surface area contributed by atoms with E-state index in [1.165, 1.54) is 0 Å². The SMILES string of the molecule is COc1ccc(-n2nc(COC(C)(C)C)nc2CN2CCS(=O)CC2)cc1OC. The first-order chi connectivity index (χ1) is 13.8. The van der Waals surface area contributed by atoms with Gasteiger partial charge in [-0.2, -0.15) is 0 Å². The molecule has 8 nitrogen and oxygen atoms in total. The quantitative estimate of drug-likeness (QED) is 0.677. The number of methoxy groups -OCH3 is 2. The van der Waals surface area contributed by atoms with Gasteiger partial charge in [-0.15, -0.1) is 5.10 Å². The van der Waals surface area contributed by atoms with Crippen LogP contribution in [0.4, 0.5) is 0 Å². The van der Waals surface area contributed by atoms with E-state index in [9.17, 15) is 4.21 Å². The Morgan fingerprint density at radius 3 is 2.41 bits per heavy atom. The summed E-state index contributed by atoms with van der Waals surface area (Å²) in [4.78, 5) is 7.00. The van der Waals surface area contributed by atoms with Gasteiger partial charge in [0.2, 0.25) is 0 Å². The molecular weight excluding hydrogens is 392 g/mol. The fourth-order valence-corrected chi connectivity index (χ4v) is 4.16. The second-order valence-corrected chi connectivity index (χ2v) is 9.62. The Labute approximate surface area is 174 Å². The van der Waals surface area contributed by atoms with Crippen LogP contribution >= 0.6 is 0 Å². The van der Waals surface area contributed by atoms with Gasteiger partial charge in [0, 0.05) is 41.5 Å². The molecule has 2 aromatic rings. The van der Waals surface area contributed by atoms with E-state index in [0.717, 1.165) is 24.6 Å². The number of hydrogen-bond donors (Lipinski definition) is 0. The van der Waals surface area contributed by atoms with Gasteiger partial charge in [0.1, 0.15) is 12.4 Å². The second kappa shape index (κ2) is 9.23. The van der Waals surface area contributed by atoms with E-state index in [0.29, 0.717) is 42.0 Å². The summed E-state index contributed by atoms with van der Waals surface area (Å²) in [6.07, 6.45) is 0. The van der Waals surface area contributed by atoms with Gasteiger partial charge in [0.25, 0.3) is 0 Å². The standard InChI is InChI=1S/C20H30N4O4S/c1-20(2,3)28-14-18-21-19(13-23-8-10-29(25)11-9-23)24(22-18)15-6-7-16(26-4)17(12-15)27-5/h6-7,12H,8-11,13-14H2,1-5H3. The summed E-state index contributed by atoms with van der Waals surface area (Å²) in [5.74, 6) is 4.14. The number of benzene rings is 1. The van der Waals surface area contributed by atoms with Crippen LogP contribution in [-0.4, -0.2) is 68.3 Å². The molecule has 1 aromatic heterocycles. The van der Waals surface area contributed by atoms with Crippen molar-refractivity contribution in [2.24, 2.45) is 0 Å². The molecule has 0 saturated carbocycles. The van der Waals surface area contributed by atoms with E-state index in [2.05, 4.69) is 4.90 Å². The molecule has 0 bridgehead atoms. The second-order valence-electron chi connectivity index (χ2n) is 7.92. The molecule has 0 amide bonds. The lowest BCUT2D eigenvalue weighted by Gasteiger charge is -2.25. The van der Waals surface area contributed by atoms with Crippen LogP contribution in [0.25, 0.3) is 5.69 Å². The monoisotopic (exact) mass is 422 g/mol. The zero-order chi connectivity index (χ0) is 21.0.